The van der Waals surface area contributed by atoms with Crippen LogP contribution < -0.4 is 22.1 Å². The fraction of sp³-hybridized carbons (Fsp3) is 0.989. The lowest BCUT2D eigenvalue weighted by Crippen LogP contribution is -2.67. The molecule has 0 aromatic carbocycles. The summed E-state index contributed by atoms with van der Waals surface area (Å²) in [5.74, 6) is 1.58. The van der Waals surface area contributed by atoms with Crippen molar-refractivity contribution in [2.75, 3.05) is 191 Å². The predicted molar refractivity (Wildman–Crippen MR) is 491 cm³/mol. The van der Waals surface area contributed by atoms with E-state index < -0.39 is 5.60 Å². The Labute approximate surface area is 708 Å². The minimum atomic E-state index is -0.407. The Kier molecular flexibility index (Phi) is 41.6. The molecule has 2 atom stereocenters. The number of piperazine rings is 3. The number of hydrogen-bond donors (Lipinski definition) is 4. The van der Waals surface area contributed by atoms with Crippen molar-refractivity contribution >= 4 is 6.09 Å². The molecule has 14 aliphatic rings. The van der Waals surface area contributed by atoms with Crippen LogP contribution in [0.5, 0.6) is 0 Å². The zero-order valence-electron chi connectivity index (χ0n) is 77.8. The maximum Gasteiger partial charge on any atom is 0.410 e. The van der Waals surface area contributed by atoms with Crippen molar-refractivity contribution in [2.24, 2.45) is 28.7 Å². The highest BCUT2D eigenvalue weighted by molar-refractivity contribution is 5.68. The monoisotopic (exact) mass is 1610 g/mol. The van der Waals surface area contributed by atoms with Crippen LogP contribution in [0.3, 0.4) is 0 Å². The van der Waals surface area contributed by atoms with E-state index in [1.165, 1.54) is 214 Å². The Morgan fingerprint density at radius 3 is 1.11 bits per heavy atom. The maximum absolute atomic E-state index is 12.0. The summed E-state index contributed by atoms with van der Waals surface area (Å²) in [5, 5.41) is 18.7. The van der Waals surface area contributed by atoms with E-state index in [1.807, 2.05) is 32.7 Å². The zero-order valence-corrected chi connectivity index (χ0v) is 77.8. The number of amides is 1. The van der Waals surface area contributed by atoms with Crippen LogP contribution in [0.15, 0.2) is 0 Å². The van der Waals surface area contributed by atoms with Gasteiger partial charge in [-0.3, -0.25) is 53.9 Å². The fourth-order valence-corrected chi connectivity index (χ4v) is 17.5. The molecule has 3 aliphatic carbocycles. The van der Waals surface area contributed by atoms with Gasteiger partial charge in [0.1, 0.15) is 5.60 Å². The van der Waals surface area contributed by atoms with Crippen LogP contribution >= 0.6 is 0 Å². The summed E-state index contributed by atoms with van der Waals surface area (Å²) in [6.45, 7) is 95.2. The van der Waals surface area contributed by atoms with Gasteiger partial charge in [0.25, 0.3) is 0 Å². The SMILES string of the molecule is C.C.C.C.CC(C)(C)N1CC(C2(N)CC2)C1.CC(C)(C)N1CC(C2(N)CC2)C1.CC(C)(C)N1CC(N2CCNCC2)C1.CC(C)(C)N1CCC2(CC2)C1.CC(C)(C)OC(=O)N1CCN(C2CN(C(C)(C)C)C2)CC1.CCC[C@@H]1CCCN1C(C)(C)C.CN1CCN(C2CCN(C(C)(C)C)C2)CC1.CNC1CN(C(C)(C)C)C1.N#N. The molecule has 1 amide bonds. The molecule has 11 saturated heterocycles. The standard InChI is InChI=1S/C16H31N3O2.C13H27N3.C11H23N3.C11H23N.2C10H20N2.C10H19N.C8H18N2.4CH4.N2/c1-15(2,3)19-11-13(12-19)17-7-9-18(10-8-17)14(20)21-16(4,5)6;1-13(2,3)16-6-5-12(11-16)15-9-7-14(4)8-10-15;1-11(2,3)14-8-10(9-14)13-6-4-12-5-7-13;1-5-7-10-8-6-9-12(10)11(2,3)4;2*1-9(2,3)12-6-8(7-12)10(11)4-5-10;1-9(2,3)11-7-6-10(8-11)4-5-10;1-8(2,3)10-5-7(6-10)9-4;;;;;1-2/h13H,7-12H2,1-6H3;12H,5-11H2,1-4H3;10,12H,4-9H2,1-3H3;10H,5-9H2,1-4H3;2*8H,4-7,11H2,1-3H3;4-8H2,1-3H3;7,9H,5-6H2,1-4H3;4*1H4;/t;;;10-;;;;;;;;;/m...1........./s1. The number of hydrogen-bond acceptors (Lipinski definition) is 20. The van der Waals surface area contributed by atoms with E-state index in [0.717, 1.165) is 80.7 Å². The van der Waals surface area contributed by atoms with Crippen molar-refractivity contribution in [3.8, 4) is 0 Å². The molecule has 0 bridgehead atoms. The smallest absolute Gasteiger partial charge is 0.410 e. The molecule has 11 aliphatic heterocycles. The minimum Gasteiger partial charge on any atom is -0.444 e. The number of nitrogens with one attached hydrogen (secondary N) is 2. The van der Waals surface area contributed by atoms with Gasteiger partial charge in [-0.15, -0.1) is 0 Å². The maximum atomic E-state index is 12.0. The third-order valence-electron chi connectivity index (χ3n) is 27.3. The number of likely N-dealkylation sites (tertiary alicyclic amines) is 8. The summed E-state index contributed by atoms with van der Waals surface area (Å²) < 4.78 is 5.44. The van der Waals surface area contributed by atoms with E-state index in [9.17, 15) is 4.79 Å². The van der Waals surface area contributed by atoms with Gasteiger partial charge in [-0.1, -0.05) is 43.1 Å². The lowest BCUT2D eigenvalue weighted by molar-refractivity contribution is -0.0413. The summed E-state index contributed by atoms with van der Waals surface area (Å²) in [6.07, 6.45) is 16.2. The Morgan fingerprint density at radius 2 is 0.781 bits per heavy atom. The molecule has 11 heterocycles. The van der Waals surface area contributed by atoms with Gasteiger partial charge in [-0.05, 0) is 290 Å². The second kappa shape index (κ2) is 43.9. The number of nitrogens with two attached hydrogens (primary N) is 2. The molecule has 1 spiro atoms. The molecule has 0 aromatic rings. The lowest BCUT2D eigenvalue weighted by atomic mass is 9.86. The highest BCUT2D eigenvalue weighted by Crippen LogP contribution is 2.54. The Morgan fingerprint density at radius 1 is 0.421 bits per heavy atom. The molecule has 14 fully saturated rings. The summed E-state index contributed by atoms with van der Waals surface area (Å²) in [7, 11) is 4.26. The van der Waals surface area contributed by atoms with Crippen LogP contribution in [-0.2, 0) is 4.74 Å². The predicted octanol–water partition coefficient (Wildman–Crippen LogP) is 14.5. The molecule has 21 heteroatoms. The third kappa shape index (κ3) is 33.7. The van der Waals surface area contributed by atoms with E-state index in [0.29, 0.717) is 44.8 Å². The van der Waals surface area contributed by atoms with Crippen molar-refractivity contribution in [1.82, 2.24) is 74.3 Å². The first-order chi connectivity index (χ1) is 50.5. The van der Waals surface area contributed by atoms with Gasteiger partial charge < -0.3 is 36.6 Å². The molecule has 21 nitrogen and oxygen atoms in total. The summed E-state index contributed by atoms with van der Waals surface area (Å²) in [5.41, 5.74) is 16.0. The van der Waals surface area contributed by atoms with E-state index in [2.05, 4.69) is 250 Å². The lowest BCUT2D eigenvalue weighted by Gasteiger charge is -2.52. The molecule has 3 saturated carbocycles. The highest BCUT2D eigenvalue weighted by Gasteiger charge is 2.54. The van der Waals surface area contributed by atoms with Crippen molar-refractivity contribution in [3.05, 3.63) is 0 Å². The van der Waals surface area contributed by atoms with Crippen molar-refractivity contribution in [2.45, 2.75) is 392 Å². The van der Waals surface area contributed by atoms with Crippen LogP contribution in [0.1, 0.15) is 301 Å². The molecule has 0 radical (unpaired) electrons. The molecular weight excluding hydrogens is 1420 g/mol. The zero-order chi connectivity index (χ0) is 82.8. The molecule has 6 N–H and O–H groups in total. The van der Waals surface area contributed by atoms with Gasteiger partial charge in [0.2, 0.25) is 0 Å². The number of ether oxygens (including phenoxy) is 1. The van der Waals surface area contributed by atoms with Crippen LogP contribution in [0.25, 0.3) is 0 Å². The van der Waals surface area contributed by atoms with Gasteiger partial charge in [0, 0.05) is 272 Å². The van der Waals surface area contributed by atoms with Crippen LogP contribution in [-0.4, -0.2) is 352 Å². The topological polar surface area (TPSA) is 192 Å². The van der Waals surface area contributed by atoms with Gasteiger partial charge >= 0.3 is 6.09 Å². The van der Waals surface area contributed by atoms with Gasteiger partial charge in [-0.25, -0.2) is 4.79 Å². The molecule has 114 heavy (non-hydrogen) atoms. The number of nitrogens with zero attached hydrogens (tertiary/aromatic N) is 15. The van der Waals surface area contributed by atoms with Crippen LogP contribution in [0.2, 0.25) is 0 Å². The first kappa shape index (κ1) is 108. The molecule has 14 rings (SSSR count). The van der Waals surface area contributed by atoms with Gasteiger partial charge in [0.15, 0.2) is 0 Å². The fourth-order valence-electron chi connectivity index (χ4n) is 17.5. The summed E-state index contributed by atoms with van der Waals surface area (Å²) in [6, 6.07) is 3.91. The van der Waals surface area contributed by atoms with Gasteiger partial charge in [-0.2, -0.15) is 0 Å². The third-order valence-corrected chi connectivity index (χ3v) is 27.3. The summed E-state index contributed by atoms with van der Waals surface area (Å²) >= 11 is 0. The molecule has 1 unspecified atom stereocenters. The first-order valence-electron chi connectivity index (χ1n) is 44.6. The minimum absolute atomic E-state index is 0. The van der Waals surface area contributed by atoms with Crippen LogP contribution in [0, 0.1) is 28.0 Å². The number of carbonyl (C=O) groups excluding carboxylic acids is 1. The molecule has 676 valence electrons. The quantitative estimate of drug-likeness (QED) is 0.168. The van der Waals surface area contributed by atoms with E-state index in [1.54, 1.807) is 0 Å². The van der Waals surface area contributed by atoms with Crippen LogP contribution in [0.4, 0.5) is 4.79 Å². The van der Waals surface area contributed by atoms with Gasteiger partial charge in [0.05, 0.1) is 0 Å². The number of likely N-dealkylation sites (N-methyl/N-ethyl adjacent to an activating group) is 2. The number of carbonyl (C=O) groups is 1. The van der Waals surface area contributed by atoms with E-state index in [-0.39, 0.29) is 52.4 Å². The first-order valence-corrected chi connectivity index (χ1v) is 44.6. The normalized spacial score (nSPS) is 26.0. The second-order valence-corrected chi connectivity index (χ2v) is 45.5. The molecular formula is C93H197N19O2. The van der Waals surface area contributed by atoms with E-state index in [4.69, 9.17) is 27.0 Å². The van der Waals surface area contributed by atoms with Crippen molar-refractivity contribution in [3.63, 3.8) is 0 Å². The Balaban J connectivity index is 0.000000442. The average Bonchev–Trinajstić information content (AvgIpc) is 1.65. The molecule has 0 aromatic heterocycles. The Bertz CT molecular complexity index is 2610. The van der Waals surface area contributed by atoms with Crippen molar-refractivity contribution < 1.29 is 9.53 Å². The number of rotatable bonds is 8. The van der Waals surface area contributed by atoms with Crippen molar-refractivity contribution in [1.29, 1.82) is 10.8 Å². The largest absolute Gasteiger partial charge is 0.444 e. The highest BCUT2D eigenvalue weighted by atomic mass is 16.6. The summed E-state index contributed by atoms with van der Waals surface area (Å²) in [4.78, 5) is 44.7. The second-order valence-electron chi connectivity index (χ2n) is 45.5. The van der Waals surface area contributed by atoms with E-state index >= 15 is 0 Å². The Hall–Kier alpha value is -1.95. The average molecular weight is 1610 g/mol.